The van der Waals surface area contributed by atoms with Gasteiger partial charge in [0.2, 0.25) is 5.76 Å². The Morgan fingerprint density at radius 2 is 2.00 bits per heavy atom. The molecular weight excluding hydrogens is 396 g/mol. The van der Waals surface area contributed by atoms with Gasteiger partial charge in [-0.1, -0.05) is 17.3 Å². The second-order valence-corrected chi connectivity index (χ2v) is 8.40. The van der Waals surface area contributed by atoms with E-state index in [2.05, 4.69) is 20.5 Å². The summed E-state index contributed by atoms with van der Waals surface area (Å²) in [6.07, 6.45) is 8.03. The molecule has 4 atom stereocenters. The quantitative estimate of drug-likeness (QED) is 0.623. The number of hydrogen-bond donors (Lipinski definition) is 0. The van der Waals surface area contributed by atoms with E-state index in [4.69, 9.17) is 9.26 Å². The third kappa shape index (κ3) is 3.74. The molecule has 0 radical (unpaired) electrons. The van der Waals surface area contributed by atoms with Crippen LogP contribution in [0.15, 0.2) is 41.3 Å². The lowest BCUT2D eigenvalue weighted by molar-refractivity contribution is -0.00545. The zero-order chi connectivity index (χ0) is 21.4. The normalized spacial score (nSPS) is 25.5. The van der Waals surface area contributed by atoms with Gasteiger partial charge in [0.25, 0.3) is 5.91 Å². The lowest BCUT2D eigenvalue weighted by Gasteiger charge is -2.36. The molecule has 1 saturated carbocycles. The predicted molar refractivity (Wildman–Crippen MR) is 111 cm³/mol. The number of carbonyl (C=O) groups is 1. The molecule has 5 rings (SSSR count). The molecule has 31 heavy (non-hydrogen) atoms. The zero-order valence-corrected chi connectivity index (χ0v) is 17.7. The van der Waals surface area contributed by atoms with Crippen molar-refractivity contribution in [3.63, 3.8) is 0 Å². The SMILES string of the molecule is CCc1cc(C(=O)N2C[C@H]3C[C@@H](n4cc(-c5ccncc5)nn4)[C@H](OC)C[C@H]3C2)on1. The second kappa shape index (κ2) is 8.22. The van der Waals surface area contributed by atoms with Gasteiger partial charge in [0.1, 0.15) is 5.69 Å². The number of rotatable bonds is 5. The van der Waals surface area contributed by atoms with E-state index in [0.29, 0.717) is 24.1 Å². The van der Waals surface area contributed by atoms with Gasteiger partial charge < -0.3 is 14.2 Å². The standard InChI is InChI=1S/C22H26N6O3/c1-3-17-10-21(31-25-17)22(29)27-11-15-8-19(20(30-2)9-16(15)12-27)28-13-18(24-26-28)14-4-6-23-7-5-14/h4-7,10,13,15-16,19-20H,3,8-9,11-12H2,1-2H3/t15-,16+,19-,20-/m1/s1. The number of fused-ring (bicyclic) bond motifs is 1. The molecule has 162 valence electrons. The van der Waals surface area contributed by atoms with Crippen molar-refractivity contribution in [2.75, 3.05) is 20.2 Å². The molecule has 0 unspecified atom stereocenters. The molecule has 2 aliphatic rings. The van der Waals surface area contributed by atoms with Crippen LogP contribution in [0.3, 0.4) is 0 Å². The van der Waals surface area contributed by atoms with Crippen LogP contribution in [0.2, 0.25) is 0 Å². The van der Waals surface area contributed by atoms with Crippen molar-refractivity contribution in [1.82, 2.24) is 30.0 Å². The van der Waals surface area contributed by atoms with Crippen LogP contribution in [-0.2, 0) is 11.2 Å². The molecule has 0 spiro atoms. The third-order valence-corrected chi connectivity index (χ3v) is 6.63. The number of hydrogen-bond acceptors (Lipinski definition) is 7. The topological polar surface area (TPSA) is 99.2 Å². The van der Waals surface area contributed by atoms with E-state index in [1.54, 1.807) is 25.6 Å². The molecule has 4 heterocycles. The summed E-state index contributed by atoms with van der Waals surface area (Å²) in [4.78, 5) is 18.9. The van der Waals surface area contributed by atoms with Crippen LogP contribution in [0.5, 0.6) is 0 Å². The van der Waals surface area contributed by atoms with Gasteiger partial charge in [-0.05, 0) is 43.2 Å². The Balaban J connectivity index is 1.32. The summed E-state index contributed by atoms with van der Waals surface area (Å²) < 4.78 is 13.0. The number of methoxy groups -OCH3 is 1. The van der Waals surface area contributed by atoms with E-state index >= 15 is 0 Å². The smallest absolute Gasteiger partial charge is 0.292 e. The second-order valence-electron chi connectivity index (χ2n) is 8.40. The molecule has 0 bridgehead atoms. The van der Waals surface area contributed by atoms with Crippen molar-refractivity contribution in [1.29, 1.82) is 0 Å². The van der Waals surface area contributed by atoms with Gasteiger partial charge >= 0.3 is 0 Å². The van der Waals surface area contributed by atoms with Crippen molar-refractivity contribution >= 4 is 5.91 Å². The molecule has 0 aromatic carbocycles. The first-order valence-corrected chi connectivity index (χ1v) is 10.8. The summed E-state index contributed by atoms with van der Waals surface area (Å²) in [5.74, 6) is 1.05. The summed E-state index contributed by atoms with van der Waals surface area (Å²) in [7, 11) is 1.75. The Hall–Kier alpha value is -3.07. The van der Waals surface area contributed by atoms with Crippen LogP contribution < -0.4 is 0 Å². The highest BCUT2D eigenvalue weighted by atomic mass is 16.5. The lowest BCUT2D eigenvalue weighted by Crippen LogP contribution is -2.37. The molecule has 2 fully saturated rings. The van der Waals surface area contributed by atoms with Gasteiger partial charge in [-0.25, -0.2) is 4.68 Å². The molecule has 9 heteroatoms. The highest BCUT2D eigenvalue weighted by Crippen LogP contribution is 2.42. The fourth-order valence-electron chi connectivity index (χ4n) is 4.92. The molecule has 9 nitrogen and oxygen atoms in total. The maximum atomic E-state index is 12.9. The summed E-state index contributed by atoms with van der Waals surface area (Å²) >= 11 is 0. The molecular formula is C22H26N6O3. The number of ether oxygens (including phenoxy) is 1. The first-order chi connectivity index (χ1) is 15.2. The number of aromatic nitrogens is 5. The van der Waals surface area contributed by atoms with Gasteiger partial charge in [0.15, 0.2) is 0 Å². The Labute approximate surface area is 180 Å². The Bertz CT molecular complexity index is 1050. The van der Waals surface area contributed by atoms with E-state index in [1.807, 2.05) is 34.8 Å². The monoisotopic (exact) mass is 422 g/mol. The molecule has 1 aliphatic heterocycles. The molecule has 1 amide bonds. The number of pyridine rings is 1. The van der Waals surface area contributed by atoms with Crippen molar-refractivity contribution in [3.8, 4) is 11.3 Å². The third-order valence-electron chi connectivity index (χ3n) is 6.63. The van der Waals surface area contributed by atoms with Gasteiger partial charge in [-0.3, -0.25) is 9.78 Å². The number of likely N-dealkylation sites (tertiary alicyclic amines) is 1. The molecule has 1 saturated heterocycles. The first kappa shape index (κ1) is 19.9. The first-order valence-electron chi connectivity index (χ1n) is 10.8. The summed E-state index contributed by atoms with van der Waals surface area (Å²) in [5, 5.41) is 12.7. The van der Waals surface area contributed by atoms with Crippen LogP contribution in [0.25, 0.3) is 11.3 Å². The minimum atomic E-state index is -0.0761. The largest absolute Gasteiger partial charge is 0.379 e. The molecule has 0 N–H and O–H groups in total. The van der Waals surface area contributed by atoms with Crippen LogP contribution in [0.1, 0.15) is 42.1 Å². The molecule has 1 aliphatic carbocycles. The van der Waals surface area contributed by atoms with Crippen molar-refractivity contribution < 1.29 is 14.1 Å². The van der Waals surface area contributed by atoms with Crippen LogP contribution in [0, 0.1) is 11.8 Å². The Kier molecular flexibility index (Phi) is 5.27. The van der Waals surface area contributed by atoms with Gasteiger partial charge in [-0.15, -0.1) is 5.10 Å². The Morgan fingerprint density at radius 3 is 2.71 bits per heavy atom. The van der Waals surface area contributed by atoms with E-state index in [-0.39, 0.29) is 18.1 Å². The fraction of sp³-hybridized carbons (Fsp3) is 0.500. The van der Waals surface area contributed by atoms with Crippen LogP contribution in [0.4, 0.5) is 0 Å². The summed E-state index contributed by atoms with van der Waals surface area (Å²) in [5.41, 5.74) is 2.61. The summed E-state index contributed by atoms with van der Waals surface area (Å²) in [6.45, 7) is 3.42. The van der Waals surface area contributed by atoms with Crippen molar-refractivity contribution in [3.05, 3.63) is 48.2 Å². The van der Waals surface area contributed by atoms with Crippen molar-refractivity contribution in [2.24, 2.45) is 11.8 Å². The Morgan fingerprint density at radius 1 is 1.23 bits per heavy atom. The van der Waals surface area contributed by atoms with E-state index in [9.17, 15) is 4.79 Å². The van der Waals surface area contributed by atoms with Gasteiger partial charge in [0, 0.05) is 44.2 Å². The maximum Gasteiger partial charge on any atom is 0.292 e. The number of aryl methyl sites for hydroxylation is 1. The number of carbonyl (C=O) groups excluding carboxylic acids is 1. The van der Waals surface area contributed by atoms with Crippen LogP contribution in [-0.4, -0.2) is 62.2 Å². The summed E-state index contributed by atoms with van der Waals surface area (Å²) in [6, 6.07) is 5.68. The predicted octanol–water partition coefficient (Wildman–Crippen LogP) is 2.63. The zero-order valence-electron chi connectivity index (χ0n) is 17.7. The highest BCUT2D eigenvalue weighted by Gasteiger charge is 2.45. The van der Waals surface area contributed by atoms with E-state index in [0.717, 1.165) is 42.8 Å². The average molecular weight is 422 g/mol. The molecule has 3 aromatic rings. The van der Waals surface area contributed by atoms with Gasteiger partial charge in [0.05, 0.1) is 24.0 Å². The maximum absolute atomic E-state index is 12.9. The molecule has 3 aromatic heterocycles. The lowest BCUT2D eigenvalue weighted by atomic mass is 9.77. The highest BCUT2D eigenvalue weighted by molar-refractivity contribution is 5.91. The van der Waals surface area contributed by atoms with Gasteiger partial charge in [-0.2, -0.15) is 0 Å². The number of nitrogens with zero attached hydrogens (tertiary/aromatic N) is 6. The van der Waals surface area contributed by atoms with Crippen LogP contribution >= 0.6 is 0 Å². The fourth-order valence-corrected chi connectivity index (χ4v) is 4.92. The van der Waals surface area contributed by atoms with E-state index < -0.39 is 0 Å². The minimum absolute atomic E-state index is 0.0280. The van der Waals surface area contributed by atoms with Crippen molar-refractivity contribution in [2.45, 2.75) is 38.3 Å². The average Bonchev–Trinajstić information content (AvgIpc) is 3.57. The minimum Gasteiger partial charge on any atom is -0.379 e. The number of amides is 1. The van der Waals surface area contributed by atoms with E-state index in [1.165, 1.54) is 0 Å².